The maximum Gasteiger partial charge on any atom is 0.0270 e. The Morgan fingerprint density at radius 2 is 2.00 bits per heavy atom. The van der Waals surface area contributed by atoms with Gasteiger partial charge in [0, 0.05) is 31.0 Å². The second-order valence-corrected chi connectivity index (χ2v) is 6.63. The lowest BCUT2D eigenvalue weighted by Gasteiger charge is -2.41. The number of pyridine rings is 1. The quantitative estimate of drug-likeness (QED) is 0.898. The Kier molecular flexibility index (Phi) is 5.55. The molecule has 1 aromatic heterocycles. The van der Waals surface area contributed by atoms with Crippen LogP contribution in [0.4, 0.5) is 0 Å². The van der Waals surface area contributed by atoms with Crippen LogP contribution < -0.4 is 5.73 Å². The average molecular weight is 275 g/mol. The largest absolute Gasteiger partial charge is 0.326 e. The third kappa shape index (κ3) is 4.03. The van der Waals surface area contributed by atoms with Crippen LogP contribution >= 0.6 is 0 Å². The molecule has 0 radical (unpaired) electrons. The molecule has 3 atom stereocenters. The fourth-order valence-corrected chi connectivity index (χ4v) is 3.33. The Balaban J connectivity index is 1.88. The van der Waals surface area contributed by atoms with E-state index in [2.05, 4.69) is 42.9 Å². The van der Waals surface area contributed by atoms with Gasteiger partial charge in [-0.25, -0.2) is 0 Å². The van der Waals surface area contributed by atoms with E-state index in [1.807, 2.05) is 12.4 Å². The molecule has 2 N–H and O–H groups in total. The number of hydrogen-bond acceptors (Lipinski definition) is 3. The molecule has 0 spiro atoms. The molecule has 1 aromatic rings. The van der Waals surface area contributed by atoms with E-state index in [0.717, 1.165) is 24.8 Å². The summed E-state index contributed by atoms with van der Waals surface area (Å²) in [7, 11) is 2.23. The summed E-state index contributed by atoms with van der Waals surface area (Å²) in [5.41, 5.74) is 7.72. The molecule has 3 nitrogen and oxygen atoms in total. The monoisotopic (exact) mass is 275 g/mol. The molecule has 1 aliphatic rings. The van der Waals surface area contributed by atoms with E-state index in [0.29, 0.717) is 12.1 Å². The molecule has 0 aromatic carbocycles. The highest BCUT2D eigenvalue weighted by molar-refractivity contribution is 5.10. The van der Waals surface area contributed by atoms with Gasteiger partial charge in [-0.3, -0.25) is 4.98 Å². The van der Waals surface area contributed by atoms with Gasteiger partial charge < -0.3 is 10.6 Å². The first-order valence-electron chi connectivity index (χ1n) is 7.92. The molecule has 1 saturated carbocycles. The molecule has 1 aliphatic carbocycles. The molecule has 3 unspecified atom stereocenters. The maximum atomic E-state index is 6.36. The molecule has 3 heteroatoms. The summed E-state index contributed by atoms with van der Waals surface area (Å²) in [6.45, 7) is 5.76. The van der Waals surface area contributed by atoms with Crippen LogP contribution in [0.25, 0.3) is 0 Å². The Hall–Kier alpha value is -0.930. The normalized spacial score (nSPS) is 27.2. The van der Waals surface area contributed by atoms with Crippen molar-refractivity contribution in [3.8, 4) is 0 Å². The van der Waals surface area contributed by atoms with Crippen LogP contribution in [-0.2, 0) is 6.42 Å². The Morgan fingerprint density at radius 1 is 1.30 bits per heavy atom. The summed E-state index contributed by atoms with van der Waals surface area (Å²) in [5.74, 6) is 1.61. The molecule has 0 aliphatic heterocycles. The standard InChI is InChI=1S/C17H29N3/c1-13(2)15-4-5-16(18)17(12-15)20(3)11-8-14-6-9-19-10-7-14/h6-7,9-10,13,15-17H,4-5,8,11-12,18H2,1-3H3. The third-order valence-electron chi connectivity index (χ3n) is 4.92. The van der Waals surface area contributed by atoms with Crippen LogP contribution in [0.15, 0.2) is 24.5 Å². The second kappa shape index (κ2) is 7.19. The Labute approximate surface area is 123 Å². The zero-order valence-corrected chi connectivity index (χ0v) is 13.1. The van der Waals surface area contributed by atoms with Crippen molar-refractivity contribution < 1.29 is 0 Å². The summed E-state index contributed by atoms with van der Waals surface area (Å²) in [4.78, 5) is 6.54. The van der Waals surface area contributed by atoms with Crippen molar-refractivity contribution in [1.82, 2.24) is 9.88 Å². The first-order chi connectivity index (χ1) is 9.58. The van der Waals surface area contributed by atoms with Crippen LogP contribution in [-0.4, -0.2) is 35.6 Å². The van der Waals surface area contributed by atoms with Crippen molar-refractivity contribution in [3.05, 3.63) is 30.1 Å². The summed E-state index contributed by atoms with van der Waals surface area (Å²) in [6, 6.07) is 5.09. The maximum absolute atomic E-state index is 6.36. The molecule has 112 valence electrons. The molecule has 0 bridgehead atoms. The molecular weight excluding hydrogens is 246 g/mol. The summed E-state index contributed by atoms with van der Waals surface area (Å²) >= 11 is 0. The van der Waals surface area contributed by atoms with Gasteiger partial charge in [-0.05, 0) is 62.3 Å². The molecule has 20 heavy (non-hydrogen) atoms. The fourth-order valence-electron chi connectivity index (χ4n) is 3.33. The lowest BCUT2D eigenvalue weighted by Crippen LogP contribution is -2.50. The zero-order chi connectivity index (χ0) is 14.5. The van der Waals surface area contributed by atoms with Gasteiger partial charge in [-0.2, -0.15) is 0 Å². The van der Waals surface area contributed by atoms with Gasteiger partial charge >= 0.3 is 0 Å². The van der Waals surface area contributed by atoms with Gasteiger partial charge in [0.05, 0.1) is 0 Å². The highest BCUT2D eigenvalue weighted by atomic mass is 15.1. The van der Waals surface area contributed by atoms with E-state index in [1.165, 1.54) is 24.8 Å². The van der Waals surface area contributed by atoms with Crippen molar-refractivity contribution >= 4 is 0 Å². The second-order valence-electron chi connectivity index (χ2n) is 6.63. The Bertz CT molecular complexity index is 390. The number of nitrogens with two attached hydrogens (primary N) is 1. The van der Waals surface area contributed by atoms with Crippen molar-refractivity contribution in [2.24, 2.45) is 17.6 Å². The first kappa shape index (κ1) is 15.5. The predicted octanol–water partition coefficient (Wildman–Crippen LogP) is 2.71. The molecule has 0 saturated heterocycles. The van der Waals surface area contributed by atoms with Gasteiger partial charge in [0.25, 0.3) is 0 Å². The molecular formula is C17H29N3. The summed E-state index contributed by atoms with van der Waals surface area (Å²) < 4.78 is 0. The van der Waals surface area contributed by atoms with Gasteiger partial charge in [0.1, 0.15) is 0 Å². The molecule has 0 amide bonds. The number of likely N-dealkylation sites (N-methyl/N-ethyl adjacent to an activating group) is 1. The van der Waals surface area contributed by atoms with Gasteiger partial charge in [0.15, 0.2) is 0 Å². The number of aromatic nitrogens is 1. The fraction of sp³-hybridized carbons (Fsp3) is 0.706. The number of rotatable bonds is 5. The van der Waals surface area contributed by atoms with Crippen LogP contribution in [0.2, 0.25) is 0 Å². The first-order valence-corrected chi connectivity index (χ1v) is 7.92. The minimum atomic E-state index is 0.340. The van der Waals surface area contributed by atoms with E-state index in [-0.39, 0.29) is 0 Å². The number of hydrogen-bond donors (Lipinski definition) is 1. The van der Waals surface area contributed by atoms with Crippen molar-refractivity contribution in [2.45, 2.75) is 51.6 Å². The molecule has 1 heterocycles. The topological polar surface area (TPSA) is 42.1 Å². The lowest BCUT2D eigenvalue weighted by molar-refractivity contribution is 0.119. The van der Waals surface area contributed by atoms with Gasteiger partial charge in [-0.1, -0.05) is 13.8 Å². The van der Waals surface area contributed by atoms with Gasteiger partial charge in [0.2, 0.25) is 0 Å². The van der Waals surface area contributed by atoms with Gasteiger partial charge in [-0.15, -0.1) is 0 Å². The van der Waals surface area contributed by atoms with Crippen molar-refractivity contribution in [1.29, 1.82) is 0 Å². The highest BCUT2D eigenvalue weighted by Crippen LogP contribution is 2.31. The van der Waals surface area contributed by atoms with E-state index >= 15 is 0 Å². The average Bonchev–Trinajstić information content (AvgIpc) is 2.46. The predicted molar refractivity (Wildman–Crippen MR) is 84.5 cm³/mol. The summed E-state index contributed by atoms with van der Waals surface area (Å²) in [6.07, 6.45) is 8.55. The highest BCUT2D eigenvalue weighted by Gasteiger charge is 2.31. The smallest absolute Gasteiger partial charge is 0.0270 e. The Morgan fingerprint density at radius 3 is 2.65 bits per heavy atom. The summed E-state index contributed by atoms with van der Waals surface area (Å²) in [5, 5.41) is 0. The van der Waals surface area contributed by atoms with Crippen LogP contribution in [0.3, 0.4) is 0 Å². The zero-order valence-electron chi connectivity index (χ0n) is 13.1. The van der Waals surface area contributed by atoms with Crippen LogP contribution in [0.5, 0.6) is 0 Å². The van der Waals surface area contributed by atoms with Crippen LogP contribution in [0.1, 0.15) is 38.7 Å². The van der Waals surface area contributed by atoms with E-state index in [9.17, 15) is 0 Å². The lowest BCUT2D eigenvalue weighted by atomic mass is 9.76. The van der Waals surface area contributed by atoms with E-state index < -0.39 is 0 Å². The molecule has 1 fully saturated rings. The van der Waals surface area contributed by atoms with Crippen molar-refractivity contribution in [3.63, 3.8) is 0 Å². The third-order valence-corrected chi connectivity index (χ3v) is 4.92. The van der Waals surface area contributed by atoms with E-state index in [4.69, 9.17) is 5.73 Å². The SMILES string of the molecule is CC(C)C1CCC(N)C(N(C)CCc2ccncc2)C1. The van der Waals surface area contributed by atoms with E-state index in [1.54, 1.807) is 0 Å². The van der Waals surface area contributed by atoms with Crippen LogP contribution in [0, 0.1) is 11.8 Å². The molecule has 2 rings (SSSR count). The minimum Gasteiger partial charge on any atom is -0.326 e. The minimum absolute atomic E-state index is 0.340. The number of nitrogens with zero attached hydrogens (tertiary/aromatic N) is 2. The van der Waals surface area contributed by atoms with Crippen molar-refractivity contribution in [2.75, 3.05) is 13.6 Å².